The van der Waals surface area contributed by atoms with Gasteiger partial charge in [0.15, 0.2) is 0 Å². The van der Waals surface area contributed by atoms with Crippen molar-refractivity contribution in [2.24, 2.45) is 5.73 Å². The third-order valence-corrected chi connectivity index (χ3v) is 0.907. The summed E-state index contributed by atoms with van der Waals surface area (Å²) in [6.45, 7) is 0. The molecule has 3 N–H and O–H groups in total. The number of carboxylic acids is 1. The van der Waals surface area contributed by atoms with E-state index in [1.807, 2.05) is 0 Å². The summed E-state index contributed by atoms with van der Waals surface area (Å²) >= 11 is 3.65. The van der Waals surface area contributed by atoms with Crippen molar-refractivity contribution >= 4 is 43.4 Å². The van der Waals surface area contributed by atoms with Crippen molar-refractivity contribution in [1.29, 1.82) is 0 Å². The van der Waals surface area contributed by atoms with Crippen LogP contribution in [0.25, 0.3) is 0 Å². The van der Waals surface area contributed by atoms with Crippen LogP contribution >= 0.6 is 37.4 Å². The molecule has 0 bridgehead atoms. The van der Waals surface area contributed by atoms with Crippen molar-refractivity contribution in [3.05, 3.63) is 0 Å². The number of hydrogen-bond acceptors (Lipinski definition) is 3. The summed E-state index contributed by atoms with van der Waals surface area (Å²) < 4.78 is 0. The van der Waals surface area contributed by atoms with Gasteiger partial charge in [-0.3, -0.25) is 4.79 Å². The molecule has 1 unspecified atom stereocenters. The highest BCUT2D eigenvalue weighted by molar-refractivity contribution is 7.80. The Labute approximate surface area is 71.2 Å². The summed E-state index contributed by atoms with van der Waals surface area (Å²) in [6.07, 6.45) is 0. The molecule has 58 valence electrons. The molecule has 0 radical (unpaired) electrons. The summed E-state index contributed by atoms with van der Waals surface area (Å²) in [5.41, 5.74) is 4.94. The molecule has 6 heteroatoms. The second-order valence-electron chi connectivity index (χ2n) is 1.13. The molecule has 0 aliphatic rings. The van der Waals surface area contributed by atoms with E-state index in [2.05, 4.69) is 12.6 Å². The number of aliphatic carboxylic acids is 1. The maximum atomic E-state index is 9.76. The van der Waals surface area contributed by atoms with Gasteiger partial charge in [-0.15, -0.1) is 24.8 Å². The van der Waals surface area contributed by atoms with E-state index in [4.69, 9.17) is 10.8 Å². The zero-order valence-corrected chi connectivity index (χ0v) is 7.01. The smallest absolute Gasteiger partial charge is 0.321 e. The Balaban J connectivity index is -0.000000180. The normalized spacial score (nSPS) is 10.4. The fraction of sp³-hybridized carbons (Fsp3) is 0.667. The third kappa shape index (κ3) is 8.36. The topological polar surface area (TPSA) is 63.3 Å². The molecule has 0 spiro atoms. The summed E-state index contributed by atoms with van der Waals surface area (Å²) in [5, 5.41) is 8.01. The van der Waals surface area contributed by atoms with Gasteiger partial charge in [0.25, 0.3) is 0 Å². The molecule has 0 aliphatic carbocycles. The lowest BCUT2D eigenvalue weighted by molar-refractivity contribution is -0.137. The SMILES string of the molecule is Cl.Cl.NC(CS)C(=O)O. The lowest BCUT2D eigenvalue weighted by Gasteiger charge is -1.96. The Kier molecular flexibility index (Phi) is 15.0. The van der Waals surface area contributed by atoms with Gasteiger partial charge in [-0.1, -0.05) is 0 Å². The molecule has 0 aliphatic heterocycles. The standard InChI is InChI=1S/C3H7NO2S.2ClH/c4-2(1-7)3(5)6;;/h2,7H,1,4H2,(H,5,6);2*1H. The van der Waals surface area contributed by atoms with E-state index >= 15 is 0 Å². The van der Waals surface area contributed by atoms with Crippen LogP contribution < -0.4 is 5.73 Å². The molecule has 3 nitrogen and oxygen atoms in total. The number of halogens is 2. The number of hydrogen-bond donors (Lipinski definition) is 3. The summed E-state index contributed by atoms with van der Waals surface area (Å²) in [6, 6.07) is -0.816. The summed E-state index contributed by atoms with van der Waals surface area (Å²) in [4.78, 5) is 9.76. The Morgan fingerprint density at radius 3 is 2.00 bits per heavy atom. The van der Waals surface area contributed by atoms with Crippen LogP contribution in [0.4, 0.5) is 0 Å². The van der Waals surface area contributed by atoms with Crippen LogP contribution in [-0.4, -0.2) is 22.9 Å². The molecule has 0 amide bonds. The van der Waals surface area contributed by atoms with Crippen molar-refractivity contribution in [3.63, 3.8) is 0 Å². The molecule has 0 aromatic heterocycles. The predicted molar refractivity (Wildman–Crippen MR) is 44.0 cm³/mol. The number of rotatable bonds is 2. The zero-order chi connectivity index (χ0) is 5.86. The first kappa shape index (κ1) is 16.2. The molecule has 1 atom stereocenters. The fourth-order valence-electron chi connectivity index (χ4n) is 0.0781. The number of nitrogens with two attached hydrogens (primary N) is 1. The van der Waals surface area contributed by atoms with Gasteiger partial charge in [0.1, 0.15) is 6.04 Å². The first-order chi connectivity index (χ1) is 3.18. The van der Waals surface area contributed by atoms with Crippen LogP contribution in [0.2, 0.25) is 0 Å². The highest BCUT2D eigenvalue weighted by atomic mass is 35.5. The average Bonchev–Trinajstić information content (AvgIpc) is 1.65. The average molecular weight is 194 g/mol. The highest BCUT2D eigenvalue weighted by Crippen LogP contribution is 1.80. The van der Waals surface area contributed by atoms with E-state index in [0.29, 0.717) is 0 Å². The molecule has 0 rings (SSSR count). The summed E-state index contributed by atoms with van der Waals surface area (Å²) in [5.74, 6) is -0.815. The molecule has 0 saturated carbocycles. The van der Waals surface area contributed by atoms with Crippen molar-refractivity contribution in [2.75, 3.05) is 5.75 Å². The maximum Gasteiger partial charge on any atom is 0.321 e. The number of thiol groups is 1. The predicted octanol–water partition coefficient (Wildman–Crippen LogP) is 0.172. The molecule has 0 saturated heterocycles. The van der Waals surface area contributed by atoms with Crippen LogP contribution in [0.1, 0.15) is 0 Å². The number of carboxylic acid groups (broad SMARTS) is 1. The molecule has 0 aromatic carbocycles. The van der Waals surface area contributed by atoms with E-state index in [1.165, 1.54) is 0 Å². The van der Waals surface area contributed by atoms with Gasteiger partial charge in [-0.05, 0) is 0 Å². The minimum absolute atomic E-state index is 0. The van der Waals surface area contributed by atoms with Crippen molar-refractivity contribution in [2.45, 2.75) is 6.04 Å². The zero-order valence-electron chi connectivity index (χ0n) is 4.48. The molecule has 0 heterocycles. The van der Waals surface area contributed by atoms with Gasteiger partial charge in [-0.2, -0.15) is 12.6 Å². The fourth-order valence-corrected chi connectivity index (χ4v) is 0.234. The first-order valence-corrected chi connectivity index (χ1v) is 2.41. The van der Waals surface area contributed by atoms with Crippen LogP contribution in [-0.2, 0) is 4.79 Å². The lowest BCUT2D eigenvalue weighted by Crippen LogP contribution is -2.31. The first-order valence-electron chi connectivity index (χ1n) is 1.77. The third-order valence-electron chi connectivity index (χ3n) is 0.514. The van der Waals surface area contributed by atoms with Gasteiger partial charge in [-0.25, -0.2) is 0 Å². The van der Waals surface area contributed by atoms with Gasteiger partial charge in [0, 0.05) is 5.75 Å². The molecule has 0 aromatic rings. The van der Waals surface area contributed by atoms with E-state index < -0.39 is 12.0 Å². The summed E-state index contributed by atoms with van der Waals surface area (Å²) in [7, 11) is 0. The minimum Gasteiger partial charge on any atom is -0.480 e. The number of carbonyl (C=O) groups is 1. The monoisotopic (exact) mass is 193 g/mol. The highest BCUT2D eigenvalue weighted by Gasteiger charge is 2.06. The molecular formula is C3H9Cl2NO2S. The van der Waals surface area contributed by atoms with Crippen molar-refractivity contribution < 1.29 is 9.90 Å². The second kappa shape index (κ2) is 8.36. The lowest BCUT2D eigenvalue weighted by atomic mass is 10.4. The molecule has 0 fully saturated rings. The second-order valence-corrected chi connectivity index (χ2v) is 1.49. The maximum absolute atomic E-state index is 9.76. The van der Waals surface area contributed by atoms with Gasteiger partial charge >= 0.3 is 5.97 Å². The van der Waals surface area contributed by atoms with Gasteiger partial charge < -0.3 is 10.8 Å². The van der Waals surface area contributed by atoms with Crippen LogP contribution in [0.15, 0.2) is 0 Å². The van der Waals surface area contributed by atoms with Crippen LogP contribution in [0.5, 0.6) is 0 Å². The van der Waals surface area contributed by atoms with E-state index in [-0.39, 0.29) is 30.6 Å². The Morgan fingerprint density at radius 1 is 1.67 bits per heavy atom. The van der Waals surface area contributed by atoms with E-state index in [1.54, 1.807) is 0 Å². The van der Waals surface area contributed by atoms with Gasteiger partial charge in [0.05, 0.1) is 0 Å². The molecule has 9 heavy (non-hydrogen) atoms. The largest absolute Gasteiger partial charge is 0.480 e. The van der Waals surface area contributed by atoms with Gasteiger partial charge in [0.2, 0.25) is 0 Å². The van der Waals surface area contributed by atoms with Crippen LogP contribution in [0, 0.1) is 0 Å². The Morgan fingerprint density at radius 2 is 2.00 bits per heavy atom. The quantitative estimate of drug-likeness (QED) is 0.549. The van der Waals surface area contributed by atoms with Crippen molar-refractivity contribution in [3.8, 4) is 0 Å². The van der Waals surface area contributed by atoms with E-state index in [0.717, 1.165) is 0 Å². The Bertz CT molecular complexity index is 82.2. The minimum atomic E-state index is -1.00. The molecular weight excluding hydrogens is 185 g/mol. The van der Waals surface area contributed by atoms with Crippen molar-refractivity contribution in [1.82, 2.24) is 0 Å². The Hall–Kier alpha value is 0.360. The van der Waals surface area contributed by atoms with Crippen LogP contribution in [0.3, 0.4) is 0 Å². The van der Waals surface area contributed by atoms with E-state index in [9.17, 15) is 4.79 Å².